The van der Waals surface area contributed by atoms with Crippen LogP contribution in [0, 0.1) is 0 Å². The fourth-order valence-corrected chi connectivity index (χ4v) is 1.91. The Morgan fingerprint density at radius 2 is 2.19 bits per heavy atom. The van der Waals surface area contributed by atoms with Gasteiger partial charge in [-0.25, -0.2) is 0 Å². The van der Waals surface area contributed by atoms with Crippen molar-refractivity contribution in [3.8, 4) is 0 Å². The van der Waals surface area contributed by atoms with Crippen molar-refractivity contribution in [1.82, 2.24) is 10.3 Å². The van der Waals surface area contributed by atoms with Crippen molar-refractivity contribution < 1.29 is 19.4 Å². The van der Waals surface area contributed by atoms with Crippen LogP contribution in [0.25, 0.3) is 0 Å². The van der Waals surface area contributed by atoms with Gasteiger partial charge < -0.3 is 20.1 Å². The minimum atomic E-state index is -1.42. The lowest BCUT2D eigenvalue weighted by atomic mass is 10.0. The smallest absolute Gasteiger partial charge is 0.308 e. The van der Waals surface area contributed by atoms with Gasteiger partial charge in [-0.1, -0.05) is 0 Å². The SMILES string of the molecule is CCOC(=O)C[C@](C)(O)CNC(=O)c1c[nH]c(=O)c(Br)c1. The topological polar surface area (TPSA) is 108 Å². The molecule has 0 radical (unpaired) electrons. The van der Waals surface area contributed by atoms with E-state index in [1.807, 2.05) is 0 Å². The average molecular weight is 361 g/mol. The molecule has 8 heteroatoms. The van der Waals surface area contributed by atoms with Crippen molar-refractivity contribution in [3.05, 3.63) is 32.7 Å². The maximum absolute atomic E-state index is 11.9. The zero-order chi connectivity index (χ0) is 16.0. The monoisotopic (exact) mass is 360 g/mol. The summed E-state index contributed by atoms with van der Waals surface area (Å²) in [7, 11) is 0. The van der Waals surface area contributed by atoms with Gasteiger partial charge in [-0.3, -0.25) is 14.4 Å². The van der Waals surface area contributed by atoms with Gasteiger partial charge in [0.2, 0.25) is 0 Å². The summed E-state index contributed by atoms with van der Waals surface area (Å²) in [5, 5.41) is 12.5. The summed E-state index contributed by atoms with van der Waals surface area (Å²) < 4.78 is 4.97. The Morgan fingerprint density at radius 3 is 2.76 bits per heavy atom. The van der Waals surface area contributed by atoms with E-state index in [2.05, 4.69) is 26.2 Å². The van der Waals surface area contributed by atoms with Crippen molar-refractivity contribution in [2.75, 3.05) is 13.2 Å². The number of aromatic amines is 1. The molecule has 0 bridgehead atoms. The van der Waals surface area contributed by atoms with Crippen LogP contribution in [0.15, 0.2) is 21.5 Å². The number of carbonyl (C=O) groups excluding carboxylic acids is 2. The molecule has 116 valence electrons. The van der Waals surface area contributed by atoms with Crippen molar-refractivity contribution in [2.24, 2.45) is 0 Å². The Hall–Kier alpha value is -1.67. The zero-order valence-electron chi connectivity index (χ0n) is 11.7. The van der Waals surface area contributed by atoms with Gasteiger partial charge >= 0.3 is 5.97 Å². The van der Waals surface area contributed by atoms with Crippen LogP contribution in [0.2, 0.25) is 0 Å². The van der Waals surface area contributed by atoms with E-state index in [9.17, 15) is 19.5 Å². The van der Waals surface area contributed by atoms with Gasteiger partial charge in [0.15, 0.2) is 0 Å². The minimum Gasteiger partial charge on any atom is -0.466 e. The molecule has 1 heterocycles. The third-order valence-electron chi connectivity index (χ3n) is 2.58. The standard InChI is InChI=1S/C13H17BrN2O5/c1-3-21-10(17)5-13(2,20)7-16-11(18)8-4-9(14)12(19)15-6-8/h4,6,20H,3,5,7H2,1-2H3,(H,15,19)(H,16,18)/t13-/m0/s1. The number of rotatable bonds is 6. The van der Waals surface area contributed by atoms with Crippen molar-refractivity contribution in [2.45, 2.75) is 25.9 Å². The van der Waals surface area contributed by atoms with Gasteiger partial charge in [0.25, 0.3) is 11.5 Å². The van der Waals surface area contributed by atoms with Gasteiger partial charge in [0, 0.05) is 12.7 Å². The van der Waals surface area contributed by atoms with Gasteiger partial charge in [0.05, 0.1) is 28.7 Å². The fraction of sp³-hybridized carbons (Fsp3) is 0.462. The highest BCUT2D eigenvalue weighted by atomic mass is 79.9. The summed E-state index contributed by atoms with van der Waals surface area (Å²) in [5.74, 6) is -1.01. The summed E-state index contributed by atoms with van der Waals surface area (Å²) in [6.07, 6.45) is 1.04. The van der Waals surface area contributed by atoms with Crippen molar-refractivity contribution >= 4 is 27.8 Å². The first-order chi connectivity index (χ1) is 9.75. The Bertz CT molecular complexity index is 582. The number of esters is 1. The molecule has 0 unspecified atom stereocenters. The van der Waals surface area contributed by atoms with Crippen LogP contribution in [0.5, 0.6) is 0 Å². The van der Waals surface area contributed by atoms with Crippen LogP contribution in [-0.4, -0.2) is 40.7 Å². The molecule has 0 fully saturated rings. The molecule has 0 saturated heterocycles. The molecule has 0 aliphatic heterocycles. The Morgan fingerprint density at radius 1 is 1.52 bits per heavy atom. The van der Waals surface area contributed by atoms with Crippen molar-refractivity contribution in [3.63, 3.8) is 0 Å². The highest BCUT2D eigenvalue weighted by Gasteiger charge is 2.26. The van der Waals surface area contributed by atoms with E-state index in [1.54, 1.807) is 6.92 Å². The molecule has 7 nitrogen and oxygen atoms in total. The number of carbonyl (C=O) groups is 2. The predicted octanol–water partition coefficient (Wildman–Crippen LogP) is 0.571. The van der Waals surface area contributed by atoms with Gasteiger partial charge in [-0.2, -0.15) is 0 Å². The van der Waals surface area contributed by atoms with Gasteiger partial charge in [-0.15, -0.1) is 0 Å². The lowest BCUT2D eigenvalue weighted by Gasteiger charge is -2.22. The number of halogens is 1. The van der Waals surface area contributed by atoms with E-state index in [0.29, 0.717) is 0 Å². The number of aromatic nitrogens is 1. The summed E-state index contributed by atoms with van der Waals surface area (Å²) in [4.78, 5) is 36.8. The summed E-state index contributed by atoms with van der Waals surface area (Å²) in [6, 6.07) is 1.37. The Kier molecular flexibility index (Phi) is 6.10. The maximum atomic E-state index is 11.9. The summed E-state index contributed by atoms with van der Waals surface area (Å²) >= 11 is 3.02. The molecule has 0 aliphatic carbocycles. The molecular formula is C13H17BrN2O5. The molecule has 1 atom stereocenters. The second kappa shape index (κ2) is 7.37. The average Bonchev–Trinajstić information content (AvgIpc) is 2.39. The van der Waals surface area contributed by atoms with Gasteiger partial charge in [0.1, 0.15) is 0 Å². The van der Waals surface area contributed by atoms with Crippen LogP contribution in [-0.2, 0) is 9.53 Å². The quantitative estimate of drug-likeness (QED) is 0.642. The number of aliphatic hydroxyl groups is 1. The Labute approximate surface area is 129 Å². The predicted molar refractivity (Wildman–Crippen MR) is 79.0 cm³/mol. The number of amides is 1. The van der Waals surface area contributed by atoms with Crippen LogP contribution < -0.4 is 10.9 Å². The molecule has 3 N–H and O–H groups in total. The second-order valence-corrected chi connectivity index (χ2v) is 5.58. The number of ether oxygens (including phenoxy) is 1. The van der Waals surface area contributed by atoms with Gasteiger partial charge in [-0.05, 0) is 35.8 Å². The molecule has 0 saturated carbocycles. The largest absolute Gasteiger partial charge is 0.466 e. The van der Waals surface area contributed by atoms with E-state index in [0.717, 1.165) is 0 Å². The number of hydrogen-bond donors (Lipinski definition) is 3. The third-order valence-corrected chi connectivity index (χ3v) is 3.17. The maximum Gasteiger partial charge on any atom is 0.308 e. The summed E-state index contributed by atoms with van der Waals surface area (Å²) in [5.41, 5.74) is -1.53. The lowest BCUT2D eigenvalue weighted by molar-refractivity contribution is -0.147. The van der Waals surface area contributed by atoms with Crippen LogP contribution in [0.4, 0.5) is 0 Å². The number of pyridine rings is 1. The first-order valence-electron chi connectivity index (χ1n) is 6.29. The highest BCUT2D eigenvalue weighted by molar-refractivity contribution is 9.10. The van der Waals surface area contributed by atoms with E-state index in [1.165, 1.54) is 19.2 Å². The first-order valence-corrected chi connectivity index (χ1v) is 7.09. The van der Waals surface area contributed by atoms with Crippen LogP contribution in [0.1, 0.15) is 30.6 Å². The molecule has 0 spiro atoms. The minimum absolute atomic E-state index is 0.124. The fourth-order valence-electron chi connectivity index (χ4n) is 1.55. The molecule has 1 amide bonds. The van der Waals surface area contributed by atoms with E-state index in [4.69, 9.17) is 4.74 Å². The highest BCUT2D eigenvalue weighted by Crippen LogP contribution is 2.10. The molecule has 1 rings (SSSR count). The van der Waals surface area contributed by atoms with E-state index < -0.39 is 17.5 Å². The van der Waals surface area contributed by atoms with E-state index in [-0.39, 0.29) is 35.2 Å². The van der Waals surface area contributed by atoms with E-state index >= 15 is 0 Å². The molecule has 0 aliphatic rings. The van der Waals surface area contributed by atoms with Crippen LogP contribution >= 0.6 is 15.9 Å². The third kappa shape index (κ3) is 5.68. The molecule has 1 aromatic rings. The number of nitrogens with one attached hydrogen (secondary N) is 2. The number of H-pyrrole nitrogens is 1. The first kappa shape index (κ1) is 17.4. The molecular weight excluding hydrogens is 344 g/mol. The zero-order valence-corrected chi connectivity index (χ0v) is 13.3. The number of hydrogen-bond acceptors (Lipinski definition) is 5. The summed E-state index contributed by atoms with van der Waals surface area (Å²) in [6.45, 7) is 3.20. The normalized spacial score (nSPS) is 13.3. The second-order valence-electron chi connectivity index (χ2n) is 4.73. The lowest BCUT2D eigenvalue weighted by Crippen LogP contribution is -2.42. The molecule has 1 aromatic heterocycles. The Balaban J connectivity index is 2.60. The van der Waals surface area contributed by atoms with Crippen molar-refractivity contribution in [1.29, 1.82) is 0 Å². The van der Waals surface area contributed by atoms with Crippen LogP contribution in [0.3, 0.4) is 0 Å². The molecule has 21 heavy (non-hydrogen) atoms. The molecule has 0 aromatic carbocycles.